The number of benzene rings is 1. The molecule has 0 fully saturated rings. The molecule has 1 atom stereocenters. The number of hydrogen-bond acceptors (Lipinski definition) is 5. The van der Waals surface area contributed by atoms with Gasteiger partial charge in [-0.15, -0.1) is 11.3 Å². The highest BCUT2D eigenvalue weighted by molar-refractivity contribution is 7.11. The van der Waals surface area contributed by atoms with Crippen LogP contribution in [-0.4, -0.2) is 16.8 Å². The number of oxime groups is 1. The summed E-state index contributed by atoms with van der Waals surface area (Å²) < 4.78 is 0. The maximum absolute atomic E-state index is 11.8. The van der Waals surface area contributed by atoms with Gasteiger partial charge < -0.3 is 9.94 Å². The minimum absolute atomic E-state index is 0.248. The van der Waals surface area contributed by atoms with Crippen molar-refractivity contribution in [1.82, 2.24) is 0 Å². The Morgan fingerprint density at radius 2 is 2.24 bits per heavy atom. The van der Waals surface area contributed by atoms with Crippen LogP contribution in [-0.2, 0) is 11.3 Å². The number of fused-ring (bicyclic) bond motifs is 1. The van der Waals surface area contributed by atoms with E-state index in [0.717, 1.165) is 29.7 Å². The van der Waals surface area contributed by atoms with Crippen LogP contribution in [0.5, 0.6) is 5.75 Å². The summed E-state index contributed by atoms with van der Waals surface area (Å²) in [6.07, 6.45) is 1.65. The van der Waals surface area contributed by atoms with Crippen LogP contribution in [0.2, 0.25) is 0 Å². The molecule has 0 saturated carbocycles. The first-order valence-corrected chi connectivity index (χ1v) is 7.65. The third-order valence-electron chi connectivity index (χ3n) is 3.47. The fraction of sp³-hybridized carbons (Fsp3) is 0.250. The van der Waals surface area contributed by atoms with E-state index in [2.05, 4.69) is 12.1 Å². The van der Waals surface area contributed by atoms with E-state index in [9.17, 15) is 9.90 Å². The van der Waals surface area contributed by atoms with Gasteiger partial charge in [0.1, 0.15) is 10.6 Å². The summed E-state index contributed by atoms with van der Waals surface area (Å²) in [7, 11) is 0. The molecular weight excluding hydrogens is 286 g/mol. The molecule has 0 spiro atoms. The van der Waals surface area contributed by atoms with Gasteiger partial charge in [0.2, 0.25) is 0 Å². The lowest BCUT2D eigenvalue weighted by Gasteiger charge is -2.22. The summed E-state index contributed by atoms with van der Waals surface area (Å²) in [6, 6.07) is 8.72. The molecule has 0 radical (unpaired) electrons. The predicted octanol–water partition coefficient (Wildman–Crippen LogP) is 3.60. The van der Waals surface area contributed by atoms with Gasteiger partial charge in [0.05, 0.1) is 5.71 Å². The largest absolute Gasteiger partial charge is 0.508 e. The van der Waals surface area contributed by atoms with Gasteiger partial charge >= 0.3 is 5.97 Å². The Kier molecular flexibility index (Phi) is 3.75. The van der Waals surface area contributed by atoms with Crippen molar-refractivity contribution in [2.24, 2.45) is 11.1 Å². The van der Waals surface area contributed by atoms with Crippen LogP contribution >= 0.6 is 11.3 Å². The fourth-order valence-corrected chi connectivity index (χ4v) is 3.14. The highest BCUT2D eigenvalue weighted by atomic mass is 32.1. The first kappa shape index (κ1) is 13.8. The van der Waals surface area contributed by atoms with E-state index in [-0.39, 0.29) is 5.75 Å². The van der Waals surface area contributed by atoms with Crippen molar-refractivity contribution >= 4 is 23.0 Å². The first-order valence-electron chi connectivity index (χ1n) is 6.77. The molecule has 5 heteroatoms. The molecule has 0 bridgehead atoms. The molecule has 4 nitrogen and oxygen atoms in total. The van der Waals surface area contributed by atoms with Crippen LogP contribution < -0.4 is 0 Å². The molecule has 21 heavy (non-hydrogen) atoms. The molecule has 108 valence electrons. The third-order valence-corrected chi connectivity index (χ3v) is 4.32. The maximum Gasteiger partial charge on any atom is 0.375 e. The second-order valence-electron chi connectivity index (χ2n) is 5.25. The number of carbonyl (C=O) groups is 1. The summed E-state index contributed by atoms with van der Waals surface area (Å²) >= 11 is 1.33. The number of hydrogen-bond donors (Lipinski definition) is 1. The van der Waals surface area contributed by atoms with Crippen molar-refractivity contribution in [3.63, 3.8) is 0 Å². The molecule has 1 aromatic heterocycles. The molecule has 3 rings (SSSR count). The van der Waals surface area contributed by atoms with Gasteiger partial charge in [0, 0.05) is 5.56 Å². The monoisotopic (exact) mass is 301 g/mol. The number of phenolic OH excluding ortho intramolecular Hbond substituents is 1. The highest BCUT2D eigenvalue weighted by Crippen LogP contribution is 2.28. The van der Waals surface area contributed by atoms with Gasteiger partial charge in [-0.1, -0.05) is 18.1 Å². The lowest BCUT2D eigenvalue weighted by Crippen LogP contribution is -2.19. The number of nitrogens with zero attached hydrogens (tertiary/aromatic N) is 1. The van der Waals surface area contributed by atoms with E-state index in [0.29, 0.717) is 10.8 Å². The Morgan fingerprint density at radius 1 is 1.38 bits per heavy atom. The van der Waals surface area contributed by atoms with Crippen molar-refractivity contribution in [3.05, 3.63) is 51.7 Å². The van der Waals surface area contributed by atoms with Gasteiger partial charge in [-0.25, -0.2) is 4.79 Å². The Labute approximate surface area is 126 Å². The van der Waals surface area contributed by atoms with Gasteiger partial charge in [0.15, 0.2) is 0 Å². The molecule has 0 unspecified atom stereocenters. The van der Waals surface area contributed by atoms with Crippen LogP contribution in [0.25, 0.3) is 0 Å². The van der Waals surface area contributed by atoms with E-state index in [1.165, 1.54) is 11.3 Å². The zero-order chi connectivity index (χ0) is 14.8. The minimum Gasteiger partial charge on any atom is -0.508 e. The zero-order valence-electron chi connectivity index (χ0n) is 11.6. The van der Waals surface area contributed by atoms with Gasteiger partial charge in [-0.05, 0) is 54.0 Å². The van der Waals surface area contributed by atoms with Crippen LogP contribution in [0, 0.1) is 5.92 Å². The fourth-order valence-electron chi connectivity index (χ4n) is 2.54. The smallest absolute Gasteiger partial charge is 0.375 e. The molecule has 1 aliphatic rings. The van der Waals surface area contributed by atoms with E-state index >= 15 is 0 Å². The van der Waals surface area contributed by atoms with Crippen LogP contribution in [0.3, 0.4) is 0 Å². The maximum atomic E-state index is 11.8. The third kappa shape index (κ3) is 2.97. The van der Waals surface area contributed by atoms with Crippen LogP contribution in [0.4, 0.5) is 0 Å². The molecule has 1 aliphatic carbocycles. The Bertz CT molecular complexity index is 692. The summed E-state index contributed by atoms with van der Waals surface area (Å²) in [5.41, 5.74) is 2.75. The Morgan fingerprint density at radius 3 is 3.00 bits per heavy atom. The molecular formula is C16H15NO3S. The van der Waals surface area contributed by atoms with Crippen LogP contribution in [0.15, 0.2) is 40.9 Å². The predicted molar refractivity (Wildman–Crippen MR) is 81.9 cm³/mol. The quantitative estimate of drug-likeness (QED) is 0.681. The van der Waals surface area contributed by atoms with E-state index in [1.807, 2.05) is 11.4 Å². The van der Waals surface area contributed by atoms with Crippen molar-refractivity contribution in [3.8, 4) is 5.75 Å². The van der Waals surface area contributed by atoms with Crippen molar-refractivity contribution in [2.75, 3.05) is 0 Å². The molecule has 0 amide bonds. The Balaban J connectivity index is 1.85. The van der Waals surface area contributed by atoms with E-state index < -0.39 is 5.97 Å². The summed E-state index contributed by atoms with van der Waals surface area (Å²) in [5.74, 6) is 0.215. The topological polar surface area (TPSA) is 58.9 Å². The molecule has 1 heterocycles. The second kappa shape index (κ2) is 5.69. The second-order valence-corrected chi connectivity index (χ2v) is 6.20. The van der Waals surface area contributed by atoms with Gasteiger partial charge in [-0.2, -0.15) is 0 Å². The molecule has 1 aromatic carbocycles. The van der Waals surface area contributed by atoms with Gasteiger partial charge in [0.25, 0.3) is 0 Å². The lowest BCUT2D eigenvalue weighted by atomic mass is 9.83. The normalized spacial score (nSPS) is 19.3. The molecule has 1 N–H and O–H groups in total. The van der Waals surface area contributed by atoms with Crippen molar-refractivity contribution in [2.45, 2.75) is 19.8 Å². The van der Waals surface area contributed by atoms with Gasteiger partial charge in [-0.3, -0.25) is 0 Å². The number of thiophene rings is 1. The average Bonchev–Trinajstić information content (AvgIpc) is 2.97. The lowest BCUT2D eigenvalue weighted by molar-refractivity contribution is 0.0520. The number of carbonyl (C=O) groups excluding carboxylic acids is 1. The molecule has 0 saturated heterocycles. The molecule has 2 aromatic rings. The summed E-state index contributed by atoms with van der Waals surface area (Å²) in [5, 5.41) is 15.5. The molecule has 0 aliphatic heterocycles. The van der Waals surface area contributed by atoms with Crippen molar-refractivity contribution in [1.29, 1.82) is 0 Å². The summed E-state index contributed by atoms with van der Waals surface area (Å²) in [6.45, 7) is 2.11. The minimum atomic E-state index is -0.434. The standard InChI is InChI=1S/C16H15NO3S/c1-10-7-11-9-12(18)4-5-13(11)14(8-10)17-20-16(19)15-3-2-6-21-15/h2-6,9-10,18H,7-8H2,1H3/b17-14+/t10-/m1/s1. The zero-order valence-corrected chi connectivity index (χ0v) is 12.4. The van der Waals surface area contributed by atoms with E-state index in [1.54, 1.807) is 24.3 Å². The number of phenols is 1. The van der Waals surface area contributed by atoms with E-state index in [4.69, 9.17) is 4.84 Å². The van der Waals surface area contributed by atoms with Crippen molar-refractivity contribution < 1.29 is 14.7 Å². The highest BCUT2D eigenvalue weighted by Gasteiger charge is 2.22. The Hall–Kier alpha value is -2.14. The first-order chi connectivity index (χ1) is 10.1. The SMILES string of the molecule is C[C@H]1C/C(=N\OC(=O)c2cccs2)c2ccc(O)cc2C1. The number of rotatable bonds is 2. The number of aromatic hydroxyl groups is 1. The van der Waals surface area contributed by atoms with Crippen LogP contribution in [0.1, 0.15) is 34.1 Å². The summed E-state index contributed by atoms with van der Waals surface area (Å²) in [4.78, 5) is 17.4. The average molecular weight is 301 g/mol.